The van der Waals surface area contributed by atoms with Crippen molar-refractivity contribution in [3.05, 3.63) is 59.2 Å². The van der Waals surface area contributed by atoms with Crippen LogP contribution in [0.4, 0.5) is 4.79 Å². The van der Waals surface area contributed by atoms with Gasteiger partial charge in [0.05, 0.1) is 12.8 Å². The van der Waals surface area contributed by atoms with Crippen LogP contribution in [-0.2, 0) is 4.74 Å². The average molecular weight is 356 g/mol. The van der Waals surface area contributed by atoms with E-state index in [1.807, 2.05) is 50.2 Å². The van der Waals surface area contributed by atoms with Gasteiger partial charge in [-0.15, -0.1) is 0 Å². The molecular formula is C20H24N2O4. The van der Waals surface area contributed by atoms with Crippen LogP contribution < -0.4 is 14.9 Å². The van der Waals surface area contributed by atoms with E-state index in [4.69, 9.17) is 14.2 Å². The summed E-state index contributed by atoms with van der Waals surface area (Å²) in [6.07, 6.45) is 0.917. The van der Waals surface area contributed by atoms with Gasteiger partial charge in [0.1, 0.15) is 24.7 Å². The number of ether oxygens (including phenoxy) is 3. The van der Waals surface area contributed by atoms with Gasteiger partial charge in [0.15, 0.2) is 0 Å². The Morgan fingerprint density at radius 2 is 1.77 bits per heavy atom. The third-order valence-corrected chi connectivity index (χ3v) is 3.36. The van der Waals surface area contributed by atoms with Crippen molar-refractivity contribution >= 4 is 12.3 Å². The highest BCUT2D eigenvalue weighted by atomic mass is 16.6. The third kappa shape index (κ3) is 6.47. The molecule has 2 aromatic rings. The average Bonchev–Trinajstić information content (AvgIpc) is 2.59. The number of rotatable bonds is 8. The molecule has 2 aromatic carbocycles. The predicted octanol–water partition coefficient (Wildman–Crippen LogP) is 3.84. The molecule has 0 unspecified atom stereocenters. The Hall–Kier alpha value is -3.02. The van der Waals surface area contributed by atoms with Gasteiger partial charge in [0, 0.05) is 5.56 Å². The number of amides is 1. The zero-order valence-corrected chi connectivity index (χ0v) is 15.3. The molecule has 0 saturated carbocycles. The van der Waals surface area contributed by atoms with Gasteiger partial charge in [-0.2, -0.15) is 5.10 Å². The van der Waals surface area contributed by atoms with Crippen LogP contribution in [-0.4, -0.2) is 32.1 Å². The predicted molar refractivity (Wildman–Crippen MR) is 101 cm³/mol. The van der Waals surface area contributed by atoms with Gasteiger partial charge in [-0.3, -0.25) is 0 Å². The van der Waals surface area contributed by atoms with E-state index in [1.54, 1.807) is 6.92 Å². The van der Waals surface area contributed by atoms with Gasteiger partial charge in [-0.05, 0) is 56.2 Å². The Morgan fingerprint density at radius 1 is 1.08 bits per heavy atom. The summed E-state index contributed by atoms with van der Waals surface area (Å²) in [6.45, 7) is 6.92. The number of para-hydroxylation sites is 1. The zero-order chi connectivity index (χ0) is 18.8. The van der Waals surface area contributed by atoms with E-state index in [1.165, 1.54) is 6.21 Å². The van der Waals surface area contributed by atoms with Gasteiger partial charge < -0.3 is 14.2 Å². The molecule has 0 aliphatic rings. The second-order valence-electron chi connectivity index (χ2n) is 5.65. The molecule has 2 rings (SSSR count). The van der Waals surface area contributed by atoms with Crippen molar-refractivity contribution in [2.24, 2.45) is 5.10 Å². The summed E-state index contributed by atoms with van der Waals surface area (Å²) in [7, 11) is 0. The molecule has 0 aliphatic heterocycles. The molecule has 0 saturated heterocycles. The molecule has 1 N–H and O–H groups in total. The number of nitrogens with one attached hydrogen (secondary N) is 1. The SMILES string of the molecule is CCOC(=O)NN=Cc1ccccc1OCCOc1cc(C)cc(C)c1. The van der Waals surface area contributed by atoms with Crippen LogP contribution >= 0.6 is 0 Å². The molecule has 0 aliphatic carbocycles. The lowest BCUT2D eigenvalue weighted by atomic mass is 10.1. The molecule has 0 fully saturated rings. The summed E-state index contributed by atoms with van der Waals surface area (Å²) in [5.74, 6) is 1.49. The summed E-state index contributed by atoms with van der Waals surface area (Å²) in [5.41, 5.74) is 5.36. The number of aryl methyl sites for hydroxylation is 2. The van der Waals surface area contributed by atoms with Crippen LogP contribution in [0.1, 0.15) is 23.6 Å². The summed E-state index contributed by atoms with van der Waals surface area (Å²) in [4.78, 5) is 11.2. The van der Waals surface area contributed by atoms with E-state index in [0.29, 0.717) is 25.6 Å². The first kappa shape index (κ1) is 19.3. The minimum atomic E-state index is -0.594. The molecule has 26 heavy (non-hydrogen) atoms. The maximum absolute atomic E-state index is 11.2. The first-order valence-electron chi connectivity index (χ1n) is 8.47. The number of nitrogens with zero attached hydrogens (tertiary/aromatic N) is 1. The minimum absolute atomic E-state index is 0.293. The fraction of sp³-hybridized carbons (Fsp3) is 0.300. The highest BCUT2D eigenvalue weighted by Gasteiger charge is 2.02. The van der Waals surface area contributed by atoms with Crippen molar-refractivity contribution in [2.45, 2.75) is 20.8 Å². The topological polar surface area (TPSA) is 69.2 Å². The Labute approximate surface area is 153 Å². The molecule has 0 bridgehead atoms. The first-order chi connectivity index (χ1) is 12.6. The summed E-state index contributed by atoms with van der Waals surface area (Å²) < 4.78 is 16.2. The van der Waals surface area contributed by atoms with Gasteiger partial charge >= 0.3 is 6.09 Å². The van der Waals surface area contributed by atoms with E-state index in [2.05, 4.69) is 16.6 Å². The number of hydrogen-bond donors (Lipinski definition) is 1. The molecule has 0 spiro atoms. The van der Waals surface area contributed by atoms with E-state index < -0.39 is 6.09 Å². The van der Waals surface area contributed by atoms with Crippen molar-refractivity contribution in [1.29, 1.82) is 0 Å². The van der Waals surface area contributed by atoms with Crippen LogP contribution in [0.3, 0.4) is 0 Å². The van der Waals surface area contributed by atoms with Crippen LogP contribution in [0.25, 0.3) is 0 Å². The fourth-order valence-corrected chi connectivity index (χ4v) is 2.36. The molecule has 0 radical (unpaired) electrons. The van der Waals surface area contributed by atoms with Gasteiger partial charge in [-0.25, -0.2) is 10.2 Å². The lowest BCUT2D eigenvalue weighted by molar-refractivity contribution is 0.152. The Balaban J connectivity index is 1.85. The van der Waals surface area contributed by atoms with E-state index >= 15 is 0 Å². The van der Waals surface area contributed by atoms with E-state index in [9.17, 15) is 4.79 Å². The zero-order valence-electron chi connectivity index (χ0n) is 15.3. The fourth-order valence-electron chi connectivity index (χ4n) is 2.36. The van der Waals surface area contributed by atoms with Crippen LogP contribution in [0.15, 0.2) is 47.6 Å². The van der Waals surface area contributed by atoms with Crippen molar-refractivity contribution in [3.8, 4) is 11.5 Å². The van der Waals surface area contributed by atoms with Crippen LogP contribution in [0, 0.1) is 13.8 Å². The van der Waals surface area contributed by atoms with Crippen molar-refractivity contribution < 1.29 is 19.0 Å². The molecule has 1 amide bonds. The Bertz CT molecular complexity index is 739. The number of benzene rings is 2. The maximum atomic E-state index is 11.2. The second kappa shape index (κ2) is 10.1. The second-order valence-corrected chi connectivity index (χ2v) is 5.65. The van der Waals surface area contributed by atoms with Crippen LogP contribution in [0.2, 0.25) is 0 Å². The van der Waals surface area contributed by atoms with Gasteiger partial charge in [-0.1, -0.05) is 18.2 Å². The standard InChI is InChI=1S/C20H24N2O4/c1-4-24-20(23)22-21-14-17-7-5-6-8-19(17)26-10-9-25-18-12-15(2)11-16(3)13-18/h5-8,11-14H,4,9-10H2,1-3H3,(H,22,23). The van der Waals surface area contributed by atoms with E-state index in [0.717, 1.165) is 22.4 Å². The van der Waals surface area contributed by atoms with Crippen LogP contribution in [0.5, 0.6) is 11.5 Å². The first-order valence-corrected chi connectivity index (χ1v) is 8.47. The summed E-state index contributed by atoms with van der Waals surface area (Å²) in [5, 5.41) is 3.86. The summed E-state index contributed by atoms with van der Waals surface area (Å²) >= 11 is 0. The largest absolute Gasteiger partial charge is 0.490 e. The van der Waals surface area contributed by atoms with Crippen molar-refractivity contribution in [2.75, 3.05) is 19.8 Å². The molecule has 0 aromatic heterocycles. The molecule has 6 heteroatoms. The smallest absolute Gasteiger partial charge is 0.427 e. The molecule has 138 valence electrons. The molecule has 0 atom stereocenters. The monoisotopic (exact) mass is 356 g/mol. The lowest BCUT2D eigenvalue weighted by Gasteiger charge is -2.11. The Kier molecular flexibility index (Phi) is 7.49. The molecule has 0 heterocycles. The molecular weight excluding hydrogens is 332 g/mol. The number of carbonyl (C=O) groups excluding carboxylic acids is 1. The lowest BCUT2D eigenvalue weighted by Crippen LogP contribution is -2.18. The minimum Gasteiger partial charge on any atom is -0.490 e. The maximum Gasteiger partial charge on any atom is 0.427 e. The van der Waals surface area contributed by atoms with Gasteiger partial charge in [0.2, 0.25) is 0 Å². The quantitative estimate of drug-likeness (QED) is 0.443. The van der Waals surface area contributed by atoms with E-state index in [-0.39, 0.29) is 0 Å². The highest BCUT2D eigenvalue weighted by Crippen LogP contribution is 2.17. The normalized spacial score (nSPS) is 10.6. The number of hydrazone groups is 1. The number of carbonyl (C=O) groups is 1. The number of hydrogen-bond acceptors (Lipinski definition) is 5. The van der Waals surface area contributed by atoms with Crippen molar-refractivity contribution in [1.82, 2.24) is 5.43 Å². The summed E-state index contributed by atoms with van der Waals surface area (Å²) in [6, 6.07) is 13.5. The molecule has 6 nitrogen and oxygen atoms in total. The van der Waals surface area contributed by atoms with Gasteiger partial charge in [0.25, 0.3) is 0 Å². The highest BCUT2D eigenvalue weighted by molar-refractivity contribution is 5.84. The third-order valence-electron chi connectivity index (χ3n) is 3.36. The Morgan fingerprint density at radius 3 is 2.50 bits per heavy atom. The van der Waals surface area contributed by atoms with Crippen molar-refractivity contribution in [3.63, 3.8) is 0 Å².